The smallest absolute Gasteiger partial charge is 0.330 e. The van der Waals surface area contributed by atoms with Crippen molar-refractivity contribution >= 4 is 17.6 Å². The van der Waals surface area contributed by atoms with Crippen molar-refractivity contribution in [3.63, 3.8) is 0 Å². The SMILES string of the molecule is COC(=O)C(C)(NC(C)C)c1ccc(F)cc1Cl. The molecule has 5 heteroatoms. The molecular formula is C13H17ClFNO2. The maximum absolute atomic E-state index is 13.1. The molecule has 0 aliphatic rings. The predicted molar refractivity (Wildman–Crippen MR) is 69.0 cm³/mol. The summed E-state index contributed by atoms with van der Waals surface area (Å²) in [6.07, 6.45) is 0. The molecule has 1 unspecified atom stereocenters. The number of nitrogens with one attached hydrogen (secondary N) is 1. The number of benzene rings is 1. The fourth-order valence-electron chi connectivity index (χ4n) is 1.92. The van der Waals surface area contributed by atoms with Crippen molar-refractivity contribution in [2.75, 3.05) is 7.11 Å². The van der Waals surface area contributed by atoms with Gasteiger partial charge in [-0.25, -0.2) is 9.18 Å². The Morgan fingerprint density at radius 2 is 2.11 bits per heavy atom. The van der Waals surface area contributed by atoms with E-state index in [2.05, 4.69) is 5.32 Å². The van der Waals surface area contributed by atoms with Crippen LogP contribution in [0.15, 0.2) is 18.2 Å². The molecule has 1 N–H and O–H groups in total. The van der Waals surface area contributed by atoms with Crippen molar-refractivity contribution in [3.05, 3.63) is 34.6 Å². The summed E-state index contributed by atoms with van der Waals surface area (Å²) >= 11 is 6.01. The van der Waals surface area contributed by atoms with Crippen molar-refractivity contribution in [1.82, 2.24) is 5.32 Å². The minimum absolute atomic E-state index is 0.0372. The third-order valence-corrected chi connectivity index (χ3v) is 2.95. The Balaban J connectivity index is 3.29. The van der Waals surface area contributed by atoms with Crippen molar-refractivity contribution in [2.24, 2.45) is 0 Å². The first-order valence-corrected chi connectivity index (χ1v) is 6.00. The van der Waals surface area contributed by atoms with Gasteiger partial charge in [-0.15, -0.1) is 0 Å². The van der Waals surface area contributed by atoms with Gasteiger partial charge in [0.2, 0.25) is 0 Å². The van der Waals surface area contributed by atoms with Gasteiger partial charge < -0.3 is 4.74 Å². The first-order valence-electron chi connectivity index (χ1n) is 5.63. The standard InChI is InChI=1S/C13H17ClFNO2/c1-8(2)16-13(3,12(17)18-4)10-6-5-9(15)7-11(10)14/h5-8,16H,1-4H3. The first-order chi connectivity index (χ1) is 8.31. The molecule has 18 heavy (non-hydrogen) atoms. The Morgan fingerprint density at radius 3 is 2.56 bits per heavy atom. The van der Waals surface area contributed by atoms with Gasteiger partial charge in [0, 0.05) is 16.6 Å². The largest absolute Gasteiger partial charge is 0.467 e. The molecule has 0 amide bonds. The number of carbonyl (C=O) groups excluding carboxylic acids is 1. The van der Waals surface area contributed by atoms with E-state index in [4.69, 9.17) is 16.3 Å². The highest BCUT2D eigenvalue weighted by molar-refractivity contribution is 6.31. The molecule has 0 saturated carbocycles. The van der Waals surface area contributed by atoms with E-state index < -0.39 is 17.3 Å². The molecule has 0 heterocycles. The Bertz CT molecular complexity index is 451. The molecular weight excluding hydrogens is 257 g/mol. The molecule has 0 bridgehead atoms. The van der Waals surface area contributed by atoms with Crippen LogP contribution in [-0.2, 0) is 15.1 Å². The summed E-state index contributed by atoms with van der Waals surface area (Å²) in [7, 11) is 1.31. The minimum atomic E-state index is -1.10. The van der Waals surface area contributed by atoms with Gasteiger partial charge in [0.25, 0.3) is 0 Å². The van der Waals surface area contributed by atoms with Gasteiger partial charge >= 0.3 is 5.97 Å². The summed E-state index contributed by atoms with van der Waals surface area (Å²) in [5.41, 5.74) is -0.612. The summed E-state index contributed by atoms with van der Waals surface area (Å²) in [5.74, 6) is -0.912. The Hall–Kier alpha value is -1.13. The molecule has 1 aromatic carbocycles. The van der Waals surface area contributed by atoms with Crippen LogP contribution in [0.5, 0.6) is 0 Å². The average Bonchev–Trinajstić information content (AvgIpc) is 2.26. The van der Waals surface area contributed by atoms with Gasteiger partial charge in [0.1, 0.15) is 11.4 Å². The van der Waals surface area contributed by atoms with Crippen LogP contribution in [0, 0.1) is 5.82 Å². The molecule has 1 atom stereocenters. The van der Waals surface area contributed by atoms with Crippen LogP contribution in [0.2, 0.25) is 5.02 Å². The van der Waals surface area contributed by atoms with Gasteiger partial charge in [0.05, 0.1) is 7.11 Å². The molecule has 100 valence electrons. The van der Waals surface area contributed by atoms with Gasteiger partial charge in [-0.05, 0) is 32.9 Å². The lowest BCUT2D eigenvalue weighted by Gasteiger charge is -2.31. The molecule has 0 radical (unpaired) electrons. The van der Waals surface area contributed by atoms with Crippen molar-refractivity contribution in [2.45, 2.75) is 32.4 Å². The Kier molecular flexibility index (Phi) is 4.71. The molecule has 0 aliphatic carbocycles. The summed E-state index contributed by atoms with van der Waals surface area (Å²) in [5, 5.41) is 3.29. The van der Waals surface area contributed by atoms with Crippen LogP contribution in [0.4, 0.5) is 4.39 Å². The lowest BCUT2D eigenvalue weighted by molar-refractivity contribution is -0.148. The highest BCUT2D eigenvalue weighted by atomic mass is 35.5. The lowest BCUT2D eigenvalue weighted by Crippen LogP contribution is -2.50. The second-order valence-electron chi connectivity index (χ2n) is 4.54. The minimum Gasteiger partial charge on any atom is -0.467 e. The Labute approximate surface area is 111 Å². The van der Waals surface area contributed by atoms with Crippen LogP contribution in [0.3, 0.4) is 0 Å². The maximum Gasteiger partial charge on any atom is 0.330 e. The molecule has 0 fully saturated rings. The molecule has 1 rings (SSSR count). The Morgan fingerprint density at radius 1 is 1.50 bits per heavy atom. The molecule has 3 nitrogen and oxygen atoms in total. The fraction of sp³-hybridized carbons (Fsp3) is 0.462. The van der Waals surface area contributed by atoms with Crippen LogP contribution in [0.1, 0.15) is 26.3 Å². The molecule has 0 saturated heterocycles. The number of halogens is 2. The molecule has 0 aromatic heterocycles. The number of hydrogen-bond acceptors (Lipinski definition) is 3. The first kappa shape index (κ1) is 14.9. The zero-order valence-electron chi connectivity index (χ0n) is 10.9. The summed E-state index contributed by atoms with van der Waals surface area (Å²) in [6.45, 7) is 5.47. The number of rotatable bonds is 4. The van der Waals surface area contributed by atoms with Crippen LogP contribution < -0.4 is 5.32 Å². The topological polar surface area (TPSA) is 38.3 Å². The number of hydrogen-bond donors (Lipinski definition) is 1. The van der Waals surface area contributed by atoms with Gasteiger partial charge in [-0.1, -0.05) is 17.7 Å². The third-order valence-electron chi connectivity index (χ3n) is 2.64. The van der Waals surface area contributed by atoms with E-state index in [1.807, 2.05) is 13.8 Å². The zero-order chi connectivity index (χ0) is 13.9. The van der Waals surface area contributed by atoms with E-state index in [9.17, 15) is 9.18 Å². The second kappa shape index (κ2) is 5.67. The van der Waals surface area contributed by atoms with Crippen molar-refractivity contribution < 1.29 is 13.9 Å². The van der Waals surface area contributed by atoms with E-state index in [-0.39, 0.29) is 11.1 Å². The zero-order valence-corrected chi connectivity index (χ0v) is 11.6. The van der Waals surface area contributed by atoms with Crippen LogP contribution >= 0.6 is 11.6 Å². The van der Waals surface area contributed by atoms with E-state index in [1.165, 1.54) is 25.3 Å². The number of carbonyl (C=O) groups is 1. The highest BCUT2D eigenvalue weighted by Gasteiger charge is 2.38. The van der Waals surface area contributed by atoms with E-state index in [0.717, 1.165) is 0 Å². The number of methoxy groups -OCH3 is 1. The third kappa shape index (κ3) is 3.00. The van der Waals surface area contributed by atoms with Crippen LogP contribution in [0.25, 0.3) is 0 Å². The van der Waals surface area contributed by atoms with Crippen molar-refractivity contribution in [1.29, 1.82) is 0 Å². The monoisotopic (exact) mass is 273 g/mol. The summed E-state index contributed by atoms with van der Waals surface area (Å²) in [4.78, 5) is 12.0. The number of esters is 1. The average molecular weight is 274 g/mol. The molecule has 0 aliphatic heterocycles. The van der Waals surface area contributed by atoms with Gasteiger partial charge in [-0.3, -0.25) is 5.32 Å². The van der Waals surface area contributed by atoms with Crippen LogP contribution in [-0.4, -0.2) is 19.1 Å². The predicted octanol–water partition coefficient (Wildman–Crippen LogP) is 2.87. The number of ether oxygens (including phenoxy) is 1. The van der Waals surface area contributed by atoms with E-state index in [1.54, 1.807) is 6.92 Å². The molecule has 0 spiro atoms. The lowest BCUT2D eigenvalue weighted by atomic mass is 9.91. The highest BCUT2D eigenvalue weighted by Crippen LogP contribution is 2.30. The van der Waals surface area contributed by atoms with Crippen molar-refractivity contribution in [3.8, 4) is 0 Å². The summed E-state index contributed by atoms with van der Waals surface area (Å²) < 4.78 is 17.9. The van der Waals surface area contributed by atoms with Gasteiger partial charge in [0.15, 0.2) is 0 Å². The molecule has 1 aromatic rings. The maximum atomic E-state index is 13.1. The summed E-state index contributed by atoms with van der Waals surface area (Å²) in [6, 6.07) is 3.98. The normalized spacial score (nSPS) is 14.4. The fourth-order valence-corrected chi connectivity index (χ4v) is 2.28. The van der Waals surface area contributed by atoms with E-state index in [0.29, 0.717) is 5.56 Å². The van der Waals surface area contributed by atoms with E-state index >= 15 is 0 Å². The quantitative estimate of drug-likeness (QED) is 0.858. The van der Waals surface area contributed by atoms with Gasteiger partial charge in [-0.2, -0.15) is 0 Å². The second-order valence-corrected chi connectivity index (χ2v) is 4.95.